The Kier molecular flexibility index (Phi) is 3.42. The van der Waals surface area contributed by atoms with E-state index in [1.165, 1.54) is 36.9 Å². The molecule has 0 spiro atoms. The average Bonchev–Trinajstić information content (AvgIpc) is 2.71. The third-order valence-corrected chi connectivity index (χ3v) is 3.09. The fraction of sp³-hybridized carbons (Fsp3) is 0.571. The van der Waals surface area contributed by atoms with Crippen molar-refractivity contribution in [2.45, 2.75) is 39.2 Å². The number of rotatable bonds is 3. The van der Waals surface area contributed by atoms with Gasteiger partial charge in [-0.2, -0.15) is 0 Å². The van der Waals surface area contributed by atoms with Gasteiger partial charge >= 0.3 is 0 Å². The van der Waals surface area contributed by atoms with Crippen molar-refractivity contribution in [1.29, 1.82) is 0 Å². The summed E-state index contributed by atoms with van der Waals surface area (Å²) in [4.78, 5) is 0. The van der Waals surface area contributed by atoms with Crippen molar-refractivity contribution in [1.82, 2.24) is 5.32 Å². The van der Waals surface area contributed by atoms with Crippen molar-refractivity contribution in [3.8, 4) is 0 Å². The van der Waals surface area contributed by atoms with Gasteiger partial charge in [-0.1, -0.05) is 38.1 Å². The Bertz CT molecular complexity index is 294. The van der Waals surface area contributed by atoms with Crippen LogP contribution in [0.15, 0.2) is 24.3 Å². The maximum absolute atomic E-state index is 3.53. The van der Waals surface area contributed by atoms with E-state index in [9.17, 15) is 0 Å². The van der Waals surface area contributed by atoms with E-state index >= 15 is 0 Å². The Morgan fingerprint density at radius 3 is 2.53 bits per heavy atom. The van der Waals surface area contributed by atoms with E-state index in [2.05, 4.69) is 43.4 Å². The molecule has 1 aromatic carbocycles. The predicted molar refractivity (Wildman–Crippen MR) is 65.0 cm³/mol. The van der Waals surface area contributed by atoms with Gasteiger partial charge in [0, 0.05) is 6.04 Å². The molecule has 0 unspecified atom stereocenters. The maximum Gasteiger partial charge on any atom is 0.0320 e. The molecule has 1 atom stereocenters. The molecule has 0 aliphatic carbocycles. The molecule has 1 fully saturated rings. The molecule has 1 aliphatic rings. The summed E-state index contributed by atoms with van der Waals surface area (Å²) in [5, 5.41) is 3.53. The molecule has 1 heterocycles. The SMILES string of the molecule is CC(C)Cc1ccc([C@@H]2CCCN2)cc1. The lowest BCUT2D eigenvalue weighted by atomic mass is 9.99. The number of hydrogen-bond acceptors (Lipinski definition) is 1. The van der Waals surface area contributed by atoms with Crippen LogP contribution < -0.4 is 5.32 Å². The third kappa shape index (κ3) is 2.82. The van der Waals surface area contributed by atoms with Gasteiger partial charge in [0.1, 0.15) is 0 Å². The molecule has 0 aromatic heterocycles. The van der Waals surface area contributed by atoms with Crippen LogP contribution in [-0.4, -0.2) is 6.54 Å². The molecule has 82 valence electrons. The molecule has 0 amide bonds. The van der Waals surface area contributed by atoms with Crippen molar-refractivity contribution in [2.24, 2.45) is 5.92 Å². The fourth-order valence-corrected chi connectivity index (χ4v) is 2.33. The first-order chi connectivity index (χ1) is 7.25. The predicted octanol–water partition coefficient (Wildman–Crippen LogP) is 3.31. The minimum Gasteiger partial charge on any atom is -0.310 e. The van der Waals surface area contributed by atoms with Crippen LogP contribution in [0.1, 0.15) is 43.9 Å². The lowest BCUT2D eigenvalue weighted by molar-refractivity contribution is 0.638. The number of nitrogens with one attached hydrogen (secondary N) is 1. The Labute approximate surface area is 92.9 Å². The van der Waals surface area contributed by atoms with Gasteiger partial charge in [0.2, 0.25) is 0 Å². The van der Waals surface area contributed by atoms with Crippen molar-refractivity contribution >= 4 is 0 Å². The number of hydrogen-bond donors (Lipinski definition) is 1. The summed E-state index contributed by atoms with van der Waals surface area (Å²) in [5.41, 5.74) is 2.92. The maximum atomic E-state index is 3.53. The highest BCUT2D eigenvalue weighted by atomic mass is 14.9. The van der Waals surface area contributed by atoms with Gasteiger partial charge < -0.3 is 5.32 Å². The van der Waals surface area contributed by atoms with E-state index in [1.807, 2.05) is 0 Å². The summed E-state index contributed by atoms with van der Waals surface area (Å²) in [6.07, 6.45) is 3.81. The number of benzene rings is 1. The van der Waals surface area contributed by atoms with Gasteiger partial charge in [-0.25, -0.2) is 0 Å². The molecule has 1 heteroatoms. The van der Waals surface area contributed by atoms with Gasteiger partial charge in [-0.05, 0) is 42.9 Å². The van der Waals surface area contributed by atoms with Gasteiger partial charge in [-0.15, -0.1) is 0 Å². The zero-order valence-electron chi connectivity index (χ0n) is 9.79. The zero-order valence-corrected chi connectivity index (χ0v) is 9.79. The summed E-state index contributed by atoms with van der Waals surface area (Å²) in [6, 6.07) is 9.77. The standard InChI is InChI=1S/C14H21N/c1-11(2)10-12-5-7-13(8-6-12)14-4-3-9-15-14/h5-8,11,14-15H,3-4,9-10H2,1-2H3/t14-/m0/s1. The van der Waals surface area contributed by atoms with Crippen LogP contribution in [0, 0.1) is 5.92 Å². The van der Waals surface area contributed by atoms with E-state index < -0.39 is 0 Å². The second kappa shape index (κ2) is 4.80. The van der Waals surface area contributed by atoms with Crippen molar-refractivity contribution in [2.75, 3.05) is 6.54 Å². The first-order valence-electron chi connectivity index (χ1n) is 6.08. The Balaban J connectivity index is 2.03. The molecule has 15 heavy (non-hydrogen) atoms. The summed E-state index contributed by atoms with van der Waals surface area (Å²) in [7, 11) is 0. The molecule has 1 nitrogen and oxygen atoms in total. The second-order valence-electron chi connectivity index (χ2n) is 4.99. The molecular weight excluding hydrogens is 182 g/mol. The van der Waals surface area contributed by atoms with Gasteiger partial charge in [0.05, 0.1) is 0 Å². The Hall–Kier alpha value is -0.820. The van der Waals surface area contributed by atoms with Gasteiger partial charge in [0.15, 0.2) is 0 Å². The largest absolute Gasteiger partial charge is 0.310 e. The summed E-state index contributed by atoms with van der Waals surface area (Å²) in [6.45, 7) is 5.72. The molecule has 0 radical (unpaired) electrons. The molecular formula is C14H21N. The monoisotopic (exact) mass is 203 g/mol. The molecule has 1 aliphatic heterocycles. The zero-order chi connectivity index (χ0) is 10.7. The van der Waals surface area contributed by atoms with Crippen molar-refractivity contribution < 1.29 is 0 Å². The summed E-state index contributed by atoms with van der Waals surface area (Å²) >= 11 is 0. The lowest BCUT2D eigenvalue weighted by Gasteiger charge is -2.11. The molecule has 1 N–H and O–H groups in total. The first-order valence-corrected chi connectivity index (χ1v) is 6.08. The van der Waals surface area contributed by atoms with Crippen LogP contribution in [0.4, 0.5) is 0 Å². The van der Waals surface area contributed by atoms with Crippen LogP contribution in [0.3, 0.4) is 0 Å². The van der Waals surface area contributed by atoms with Crippen LogP contribution in [-0.2, 0) is 6.42 Å². The van der Waals surface area contributed by atoms with Gasteiger partial charge in [-0.3, -0.25) is 0 Å². The van der Waals surface area contributed by atoms with Gasteiger partial charge in [0.25, 0.3) is 0 Å². The molecule has 0 bridgehead atoms. The third-order valence-electron chi connectivity index (χ3n) is 3.09. The van der Waals surface area contributed by atoms with E-state index in [-0.39, 0.29) is 0 Å². The Morgan fingerprint density at radius 1 is 1.27 bits per heavy atom. The lowest BCUT2D eigenvalue weighted by Crippen LogP contribution is -2.12. The second-order valence-corrected chi connectivity index (χ2v) is 4.99. The van der Waals surface area contributed by atoms with E-state index in [0.29, 0.717) is 6.04 Å². The summed E-state index contributed by atoms with van der Waals surface area (Å²) in [5.74, 6) is 0.750. The smallest absolute Gasteiger partial charge is 0.0320 e. The highest BCUT2D eigenvalue weighted by Gasteiger charge is 2.15. The molecule has 0 saturated carbocycles. The van der Waals surface area contributed by atoms with Crippen molar-refractivity contribution in [3.05, 3.63) is 35.4 Å². The van der Waals surface area contributed by atoms with Crippen LogP contribution >= 0.6 is 0 Å². The van der Waals surface area contributed by atoms with Crippen LogP contribution in [0.25, 0.3) is 0 Å². The van der Waals surface area contributed by atoms with Crippen molar-refractivity contribution in [3.63, 3.8) is 0 Å². The first kappa shape index (κ1) is 10.7. The van der Waals surface area contributed by atoms with Crippen LogP contribution in [0.2, 0.25) is 0 Å². The quantitative estimate of drug-likeness (QED) is 0.794. The highest BCUT2D eigenvalue weighted by Crippen LogP contribution is 2.23. The van der Waals surface area contributed by atoms with E-state index in [4.69, 9.17) is 0 Å². The van der Waals surface area contributed by atoms with E-state index in [0.717, 1.165) is 5.92 Å². The summed E-state index contributed by atoms with van der Waals surface area (Å²) < 4.78 is 0. The fourth-order valence-electron chi connectivity index (χ4n) is 2.33. The van der Waals surface area contributed by atoms with E-state index in [1.54, 1.807) is 0 Å². The normalized spacial score (nSPS) is 21.1. The Morgan fingerprint density at radius 2 is 2.00 bits per heavy atom. The minimum atomic E-state index is 0.609. The highest BCUT2D eigenvalue weighted by molar-refractivity contribution is 5.25. The van der Waals surface area contributed by atoms with Crippen LogP contribution in [0.5, 0.6) is 0 Å². The molecule has 1 saturated heterocycles. The topological polar surface area (TPSA) is 12.0 Å². The minimum absolute atomic E-state index is 0.609. The molecule has 1 aromatic rings. The average molecular weight is 203 g/mol. The molecule has 2 rings (SSSR count).